The first-order chi connectivity index (χ1) is 9.09. The number of carbonyl (C=O) groups is 1. The molecule has 0 radical (unpaired) electrons. The largest absolute Gasteiger partial charge is 0.352 e. The first-order valence-electron chi connectivity index (χ1n) is 7.18. The lowest BCUT2D eigenvalue weighted by atomic mass is 9.64. The highest BCUT2D eigenvalue weighted by molar-refractivity contribution is 9.10. The fourth-order valence-corrected chi connectivity index (χ4v) is 3.72. The number of piperidine rings is 1. The molecule has 1 amide bonds. The van der Waals surface area contributed by atoms with Gasteiger partial charge in [0.1, 0.15) is 0 Å². The summed E-state index contributed by atoms with van der Waals surface area (Å²) >= 11 is 3.54. The molecule has 104 valence electrons. The SMILES string of the molecule is CC.C[C@]12CCC(=O)N[C@@H]1CCc1cc(Br)ccc12. The molecule has 3 heteroatoms. The molecule has 1 aromatic rings. The van der Waals surface area contributed by atoms with Gasteiger partial charge in [-0.15, -0.1) is 0 Å². The van der Waals surface area contributed by atoms with E-state index in [1.54, 1.807) is 0 Å². The topological polar surface area (TPSA) is 29.1 Å². The van der Waals surface area contributed by atoms with E-state index >= 15 is 0 Å². The molecule has 1 saturated heterocycles. The first kappa shape index (κ1) is 14.6. The Labute approximate surface area is 124 Å². The summed E-state index contributed by atoms with van der Waals surface area (Å²) in [6.45, 7) is 6.29. The third kappa shape index (κ3) is 2.58. The van der Waals surface area contributed by atoms with E-state index in [0.29, 0.717) is 12.5 Å². The summed E-state index contributed by atoms with van der Waals surface area (Å²) in [7, 11) is 0. The van der Waals surface area contributed by atoms with Crippen molar-refractivity contribution >= 4 is 21.8 Å². The first-order valence-corrected chi connectivity index (χ1v) is 7.97. The molecule has 1 aliphatic carbocycles. The van der Waals surface area contributed by atoms with Crippen LogP contribution in [0.4, 0.5) is 0 Å². The maximum absolute atomic E-state index is 11.5. The fourth-order valence-electron chi connectivity index (χ4n) is 3.31. The van der Waals surface area contributed by atoms with E-state index in [-0.39, 0.29) is 11.3 Å². The number of hydrogen-bond donors (Lipinski definition) is 1. The number of halogens is 1. The Balaban J connectivity index is 0.000000637. The van der Waals surface area contributed by atoms with E-state index in [0.717, 1.165) is 23.7 Å². The van der Waals surface area contributed by atoms with Crippen molar-refractivity contribution < 1.29 is 4.79 Å². The van der Waals surface area contributed by atoms with Crippen LogP contribution >= 0.6 is 15.9 Å². The zero-order valence-electron chi connectivity index (χ0n) is 11.9. The Morgan fingerprint density at radius 3 is 2.79 bits per heavy atom. The molecule has 19 heavy (non-hydrogen) atoms. The van der Waals surface area contributed by atoms with Crippen molar-refractivity contribution in [3.05, 3.63) is 33.8 Å². The standard InChI is InChI=1S/C14H16BrNO.C2H6/c1-14-7-6-13(17)16-12(14)5-2-9-8-10(15)3-4-11(9)14;1-2/h3-4,8,12H,2,5-7H2,1H3,(H,16,17);1-2H3/t12-,14-;/m1./s1. The predicted octanol–water partition coefficient (Wildman–Crippen LogP) is 3.96. The normalized spacial score (nSPS) is 28.4. The summed E-state index contributed by atoms with van der Waals surface area (Å²) in [6.07, 6.45) is 3.75. The van der Waals surface area contributed by atoms with Gasteiger partial charge in [0.2, 0.25) is 5.91 Å². The molecule has 0 aromatic heterocycles. The van der Waals surface area contributed by atoms with Crippen LogP contribution in [-0.2, 0) is 16.6 Å². The molecule has 1 aliphatic heterocycles. The minimum absolute atomic E-state index is 0.127. The van der Waals surface area contributed by atoms with Gasteiger partial charge in [0.15, 0.2) is 0 Å². The molecule has 3 rings (SSSR count). The number of aryl methyl sites for hydroxylation is 1. The average molecular weight is 324 g/mol. The summed E-state index contributed by atoms with van der Waals surface area (Å²) in [5.74, 6) is 0.216. The highest BCUT2D eigenvalue weighted by atomic mass is 79.9. The lowest BCUT2D eigenvalue weighted by Gasteiger charge is -2.46. The Bertz CT molecular complexity index is 486. The summed E-state index contributed by atoms with van der Waals surface area (Å²) in [5.41, 5.74) is 2.99. The van der Waals surface area contributed by atoms with Gasteiger partial charge in [0.05, 0.1) is 0 Å². The molecule has 1 heterocycles. The molecule has 0 spiro atoms. The molecule has 1 fully saturated rings. The van der Waals surface area contributed by atoms with Crippen LogP contribution in [0.1, 0.15) is 51.2 Å². The lowest BCUT2D eigenvalue weighted by molar-refractivity contribution is -0.125. The van der Waals surface area contributed by atoms with Gasteiger partial charge in [-0.3, -0.25) is 4.79 Å². The summed E-state index contributed by atoms with van der Waals surface area (Å²) < 4.78 is 1.15. The van der Waals surface area contributed by atoms with Crippen molar-refractivity contribution in [1.29, 1.82) is 0 Å². The lowest BCUT2D eigenvalue weighted by Crippen LogP contribution is -2.55. The maximum Gasteiger partial charge on any atom is 0.220 e. The molecule has 1 aromatic carbocycles. The number of carbonyl (C=O) groups excluding carboxylic acids is 1. The van der Waals surface area contributed by atoms with Crippen molar-refractivity contribution in [2.45, 2.75) is 57.9 Å². The monoisotopic (exact) mass is 323 g/mol. The van der Waals surface area contributed by atoms with Crippen LogP contribution in [0.15, 0.2) is 22.7 Å². The van der Waals surface area contributed by atoms with Crippen LogP contribution in [-0.4, -0.2) is 11.9 Å². The maximum atomic E-state index is 11.5. The Morgan fingerprint density at radius 1 is 1.32 bits per heavy atom. The van der Waals surface area contributed by atoms with Gasteiger partial charge >= 0.3 is 0 Å². The van der Waals surface area contributed by atoms with Gasteiger partial charge in [-0.1, -0.05) is 42.8 Å². The number of rotatable bonds is 0. The Kier molecular flexibility index (Phi) is 4.34. The number of fused-ring (bicyclic) bond motifs is 3. The van der Waals surface area contributed by atoms with E-state index in [1.807, 2.05) is 13.8 Å². The van der Waals surface area contributed by atoms with E-state index in [2.05, 4.69) is 46.4 Å². The summed E-state index contributed by atoms with van der Waals surface area (Å²) in [6, 6.07) is 6.89. The van der Waals surface area contributed by atoms with Crippen LogP contribution in [0.2, 0.25) is 0 Å². The zero-order chi connectivity index (χ0) is 14.0. The molecule has 2 aliphatic rings. The van der Waals surface area contributed by atoms with Gasteiger partial charge in [-0.2, -0.15) is 0 Å². The molecular formula is C16H22BrNO. The fraction of sp³-hybridized carbons (Fsp3) is 0.562. The minimum atomic E-state index is 0.127. The van der Waals surface area contributed by atoms with Gasteiger partial charge in [0, 0.05) is 22.4 Å². The number of amides is 1. The van der Waals surface area contributed by atoms with E-state index < -0.39 is 0 Å². The second kappa shape index (κ2) is 5.66. The van der Waals surface area contributed by atoms with E-state index in [4.69, 9.17) is 0 Å². The number of hydrogen-bond acceptors (Lipinski definition) is 1. The highest BCUT2D eigenvalue weighted by Gasteiger charge is 2.43. The van der Waals surface area contributed by atoms with Gasteiger partial charge in [-0.05, 0) is 42.5 Å². The molecule has 0 saturated carbocycles. The summed E-state index contributed by atoms with van der Waals surface area (Å²) in [4.78, 5) is 11.5. The molecule has 1 N–H and O–H groups in total. The quantitative estimate of drug-likeness (QED) is 0.769. The third-order valence-electron chi connectivity index (χ3n) is 4.36. The molecule has 2 nitrogen and oxygen atoms in total. The van der Waals surface area contributed by atoms with Gasteiger partial charge in [0.25, 0.3) is 0 Å². The smallest absolute Gasteiger partial charge is 0.220 e. The average Bonchev–Trinajstić information content (AvgIpc) is 2.42. The second-order valence-electron chi connectivity index (χ2n) is 5.38. The van der Waals surface area contributed by atoms with Crippen molar-refractivity contribution in [2.24, 2.45) is 0 Å². The van der Waals surface area contributed by atoms with Crippen molar-refractivity contribution in [2.75, 3.05) is 0 Å². The minimum Gasteiger partial charge on any atom is -0.352 e. The van der Waals surface area contributed by atoms with E-state index in [1.165, 1.54) is 11.1 Å². The van der Waals surface area contributed by atoms with Crippen LogP contribution in [0.3, 0.4) is 0 Å². The van der Waals surface area contributed by atoms with E-state index in [9.17, 15) is 4.79 Å². The zero-order valence-corrected chi connectivity index (χ0v) is 13.5. The Hall–Kier alpha value is -0.830. The van der Waals surface area contributed by atoms with Crippen LogP contribution in [0.25, 0.3) is 0 Å². The molecule has 2 atom stereocenters. The van der Waals surface area contributed by atoms with Gasteiger partial charge in [-0.25, -0.2) is 0 Å². The van der Waals surface area contributed by atoms with Crippen molar-refractivity contribution in [3.63, 3.8) is 0 Å². The molecule has 0 unspecified atom stereocenters. The predicted molar refractivity (Wildman–Crippen MR) is 82.3 cm³/mol. The Morgan fingerprint density at radius 2 is 2.05 bits per heavy atom. The van der Waals surface area contributed by atoms with Crippen LogP contribution in [0, 0.1) is 0 Å². The van der Waals surface area contributed by atoms with Crippen LogP contribution in [0.5, 0.6) is 0 Å². The highest BCUT2D eigenvalue weighted by Crippen LogP contribution is 2.43. The van der Waals surface area contributed by atoms with Gasteiger partial charge < -0.3 is 5.32 Å². The molecule has 0 bridgehead atoms. The van der Waals surface area contributed by atoms with Crippen molar-refractivity contribution in [1.82, 2.24) is 5.32 Å². The number of benzene rings is 1. The number of nitrogens with one attached hydrogen (secondary N) is 1. The summed E-state index contributed by atoms with van der Waals surface area (Å²) in [5, 5.41) is 3.16. The van der Waals surface area contributed by atoms with Crippen LogP contribution < -0.4 is 5.32 Å². The van der Waals surface area contributed by atoms with Crippen molar-refractivity contribution in [3.8, 4) is 0 Å². The molecular weight excluding hydrogens is 302 g/mol. The second-order valence-corrected chi connectivity index (χ2v) is 6.29. The third-order valence-corrected chi connectivity index (χ3v) is 4.85.